The van der Waals surface area contributed by atoms with Crippen LogP contribution in [-0.2, 0) is 0 Å². The van der Waals surface area contributed by atoms with Gasteiger partial charge in [0.25, 0.3) is 11.8 Å². The van der Waals surface area contributed by atoms with E-state index in [1.54, 1.807) is 40.7 Å². The summed E-state index contributed by atoms with van der Waals surface area (Å²) in [6, 6.07) is 20.8. The molecule has 0 atom stereocenters. The van der Waals surface area contributed by atoms with E-state index in [0.717, 1.165) is 0 Å². The van der Waals surface area contributed by atoms with Gasteiger partial charge in [-0.15, -0.1) is 0 Å². The first kappa shape index (κ1) is 18.5. The summed E-state index contributed by atoms with van der Waals surface area (Å²) < 4.78 is 11.7. The van der Waals surface area contributed by atoms with E-state index in [1.807, 2.05) is 30.3 Å². The van der Waals surface area contributed by atoms with Gasteiger partial charge in [-0.25, -0.2) is 5.48 Å². The molecule has 2 amide bonds. The number of nitrogens with zero attached hydrogens (tertiary/aromatic N) is 1. The number of carbonyl (C=O) groups excluding carboxylic acids is 2. The zero-order valence-electron chi connectivity index (χ0n) is 15.4. The number of nitrogens with one attached hydrogen (secondary N) is 1. The third-order valence-corrected chi connectivity index (χ3v) is 4.54. The molecule has 0 aromatic heterocycles. The molecule has 0 saturated carbocycles. The molecule has 7 heteroatoms. The highest BCUT2D eigenvalue weighted by molar-refractivity contribution is 6.09. The van der Waals surface area contributed by atoms with Gasteiger partial charge >= 0.3 is 0 Å². The van der Waals surface area contributed by atoms with E-state index < -0.39 is 5.91 Å². The second-order valence-corrected chi connectivity index (χ2v) is 6.34. The fourth-order valence-electron chi connectivity index (χ4n) is 3.12. The van der Waals surface area contributed by atoms with E-state index in [9.17, 15) is 9.59 Å². The second-order valence-electron chi connectivity index (χ2n) is 6.34. The lowest BCUT2D eigenvalue weighted by Gasteiger charge is -2.22. The number of benzene rings is 3. The van der Waals surface area contributed by atoms with Crippen LogP contribution >= 0.6 is 0 Å². The van der Waals surface area contributed by atoms with Gasteiger partial charge in [-0.3, -0.25) is 14.8 Å². The second kappa shape index (κ2) is 8.04. The average Bonchev–Trinajstić information content (AvgIpc) is 2.88. The summed E-state index contributed by atoms with van der Waals surface area (Å²) >= 11 is 0. The predicted molar refractivity (Wildman–Crippen MR) is 106 cm³/mol. The molecule has 29 heavy (non-hydrogen) atoms. The Morgan fingerprint density at radius 3 is 2.41 bits per heavy atom. The van der Waals surface area contributed by atoms with Crippen LogP contribution in [0.25, 0.3) is 0 Å². The number of para-hydroxylation sites is 3. The van der Waals surface area contributed by atoms with E-state index in [1.165, 1.54) is 12.1 Å². The maximum Gasteiger partial charge on any atom is 0.274 e. The summed E-state index contributed by atoms with van der Waals surface area (Å²) in [4.78, 5) is 26.1. The minimum absolute atomic E-state index is 0.163. The maximum atomic E-state index is 13.1. The average molecular weight is 390 g/mol. The van der Waals surface area contributed by atoms with Crippen LogP contribution in [0.15, 0.2) is 72.8 Å². The predicted octanol–water partition coefficient (Wildman–Crippen LogP) is 3.64. The molecule has 7 nitrogen and oxygen atoms in total. The first-order valence-electron chi connectivity index (χ1n) is 9.02. The minimum Gasteiger partial charge on any atom is -0.492 e. The van der Waals surface area contributed by atoms with Crippen LogP contribution in [0.5, 0.6) is 17.2 Å². The Bertz CT molecular complexity index is 1050. The summed E-state index contributed by atoms with van der Waals surface area (Å²) in [5, 5.41) is 8.66. The van der Waals surface area contributed by atoms with Gasteiger partial charge in [-0.2, -0.15) is 0 Å². The van der Waals surface area contributed by atoms with E-state index in [4.69, 9.17) is 14.7 Å². The lowest BCUT2D eigenvalue weighted by molar-refractivity contribution is 0.0706. The van der Waals surface area contributed by atoms with Crippen LogP contribution in [0, 0.1) is 0 Å². The molecule has 0 unspecified atom stereocenters. The molecule has 146 valence electrons. The molecule has 0 fully saturated rings. The largest absolute Gasteiger partial charge is 0.492 e. The summed E-state index contributed by atoms with van der Waals surface area (Å²) in [5.74, 6) is 0.911. The Kier molecular flexibility index (Phi) is 5.13. The molecule has 1 aliphatic rings. The number of hydrogen-bond acceptors (Lipinski definition) is 5. The zero-order chi connectivity index (χ0) is 20.2. The lowest BCUT2D eigenvalue weighted by atomic mass is 10.1. The van der Waals surface area contributed by atoms with Crippen LogP contribution in [-0.4, -0.2) is 30.2 Å². The number of ether oxygens (including phenoxy) is 2. The molecule has 0 aliphatic carbocycles. The van der Waals surface area contributed by atoms with Crippen molar-refractivity contribution in [3.63, 3.8) is 0 Å². The third kappa shape index (κ3) is 3.76. The van der Waals surface area contributed by atoms with Crippen molar-refractivity contribution in [3.8, 4) is 17.2 Å². The van der Waals surface area contributed by atoms with Gasteiger partial charge in [-0.05, 0) is 48.5 Å². The van der Waals surface area contributed by atoms with Gasteiger partial charge in [0.15, 0.2) is 5.75 Å². The standard InChI is InChI=1S/C22H18N2O5/c25-21(23-27)15-9-11-16(12-10-15)28-14-13-24-18-6-2-4-8-20(18)29-19-7-3-1-5-17(19)22(24)26/h1-12,27H,13-14H2,(H,23,25). The molecule has 4 rings (SSSR count). The fourth-order valence-corrected chi connectivity index (χ4v) is 3.12. The Morgan fingerprint density at radius 1 is 0.966 bits per heavy atom. The van der Waals surface area contributed by atoms with Crippen LogP contribution in [0.3, 0.4) is 0 Å². The van der Waals surface area contributed by atoms with E-state index in [-0.39, 0.29) is 12.5 Å². The number of rotatable bonds is 5. The van der Waals surface area contributed by atoms with E-state index in [2.05, 4.69) is 0 Å². The summed E-state index contributed by atoms with van der Waals surface area (Å²) in [5.41, 5.74) is 3.05. The molecule has 0 spiro atoms. The molecule has 3 aromatic rings. The van der Waals surface area contributed by atoms with Gasteiger partial charge in [0.1, 0.15) is 18.1 Å². The highest BCUT2D eigenvalue weighted by Gasteiger charge is 2.27. The zero-order valence-corrected chi connectivity index (χ0v) is 15.4. The van der Waals surface area contributed by atoms with Crippen molar-refractivity contribution in [2.24, 2.45) is 0 Å². The quantitative estimate of drug-likeness (QED) is 0.513. The Balaban J connectivity index is 1.52. The van der Waals surface area contributed by atoms with Crippen LogP contribution < -0.4 is 19.9 Å². The molecule has 1 aliphatic heterocycles. The number of amides is 2. The van der Waals surface area contributed by atoms with Crippen molar-refractivity contribution in [2.45, 2.75) is 0 Å². The van der Waals surface area contributed by atoms with Gasteiger partial charge in [0.05, 0.1) is 17.8 Å². The van der Waals surface area contributed by atoms with Crippen molar-refractivity contribution >= 4 is 17.5 Å². The van der Waals surface area contributed by atoms with Gasteiger partial charge in [-0.1, -0.05) is 24.3 Å². The Labute approximate surface area is 167 Å². The van der Waals surface area contributed by atoms with Crippen LogP contribution in [0.1, 0.15) is 20.7 Å². The highest BCUT2D eigenvalue weighted by Crippen LogP contribution is 2.38. The van der Waals surface area contributed by atoms with Crippen molar-refractivity contribution in [3.05, 3.63) is 83.9 Å². The number of carbonyl (C=O) groups is 2. The first-order valence-corrected chi connectivity index (χ1v) is 9.02. The van der Waals surface area contributed by atoms with E-state index >= 15 is 0 Å². The van der Waals surface area contributed by atoms with Crippen molar-refractivity contribution in [1.29, 1.82) is 0 Å². The number of fused-ring (bicyclic) bond motifs is 2. The van der Waals surface area contributed by atoms with Crippen LogP contribution in [0.2, 0.25) is 0 Å². The molecule has 2 N–H and O–H groups in total. The molecule has 1 heterocycles. The molecular weight excluding hydrogens is 372 g/mol. The molecule has 3 aromatic carbocycles. The Hall–Kier alpha value is -3.84. The normalized spacial score (nSPS) is 12.3. The smallest absolute Gasteiger partial charge is 0.274 e. The minimum atomic E-state index is -0.595. The van der Waals surface area contributed by atoms with Crippen molar-refractivity contribution < 1.29 is 24.3 Å². The van der Waals surface area contributed by atoms with E-state index in [0.29, 0.717) is 40.6 Å². The number of hydroxylamine groups is 1. The summed E-state index contributed by atoms with van der Waals surface area (Å²) in [6.07, 6.45) is 0. The maximum absolute atomic E-state index is 13.1. The SMILES string of the molecule is O=C(NO)c1ccc(OCCN2C(=O)c3ccccc3Oc3ccccc32)cc1. The van der Waals surface area contributed by atoms with Crippen LogP contribution in [0.4, 0.5) is 5.69 Å². The molecule has 0 radical (unpaired) electrons. The highest BCUT2D eigenvalue weighted by atomic mass is 16.5. The number of anilines is 1. The first-order chi connectivity index (χ1) is 14.2. The molecule has 0 bridgehead atoms. The Morgan fingerprint density at radius 2 is 1.66 bits per heavy atom. The third-order valence-electron chi connectivity index (χ3n) is 4.54. The molecular formula is C22H18N2O5. The van der Waals surface area contributed by atoms with Gasteiger partial charge in [0, 0.05) is 5.56 Å². The molecule has 0 saturated heterocycles. The van der Waals surface area contributed by atoms with Gasteiger partial charge < -0.3 is 14.4 Å². The summed E-state index contributed by atoms with van der Waals surface area (Å²) in [6.45, 7) is 0.556. The topological polar surface area (TPSA) is 88.1 Å². The summed E-state index contributed by atoms with van der Waals surface area (Å²) in [7, 11) is 0. The number of hydrogen-bond donors (Lipinski definition) is 2. The van der Waals surface area contributed by atoms with Crippen molar-refractivity contribution in [1.82, 2.24) is 5.48 Å². The fraction of sp³-hybridized carbons (Fsp3) is 0.0909. The monoisotopic (exact) mass is 390 g/mol. The van der Waals surface area contributed by atoms with Crippen molar-refractivity contribution in [2.75, 3.05) is 18.1 Å². The van der Waals surface area contributed by atoms with Gasteiger partial charge in [0.2, 0.25) is 0 Å². The lowest BCUT2D eigenvalue weighted by Crippen LogP contribution is -2.34.